The Hall–Kier alpha value is -1.51. The van der Waals surface area contributed by atoms with Crippen LogP contribution in [-0.4, -0.2) is 7.11 Å². The summed E-state index contributed by atoms with van der Waals surface area (Å²) in [4.78, 5) is 0. The monoisotopic (exact) mass is 287 g/mol. The molecule has 0 saturated heterocycles. The Morgan fingerprint density at radius 3 is 2.75 bits per heavy atom. The fourth-order valence-corrected chi connectivity index (χ4v) is 3.35. The number of fused-ring (bicyclic) bond motifs is 1. The highest BCUT2D eigenvalue weighted by atomic mass is 35.5. The van der Waals surface area contributed by atoms with Crippen LogP contribution in [0.1, 0.15) is 29.5 Å². The van der Waals surface area contributed by atoms with E-state index in [1.165, 1.54) is 11.1 Å². The van der Waals surface area contributed by atoms with Gasteiger partial charge in [-0.3, -0.25) is 0 Å². The quantitative estimate of drug-likeness (QED) is 0.909. The van der Waals surface area contributed by atoms with E-state index in [1.54, 1.807) is 7.11 Å². The Bertz CT molecular complexity index is 641. The number of nitrogens with two attached hydrogens (primary N) is 1. The molecule has 20 heavy (non-hydrogen) atoms. The number of benzene rings is 2. The standard InChI is InChI=1S/C17H18ClNO/c1-20-16-9-8-13(18)11-15(16)17(19)10-4-6-12-5-2-3-7-14(12)17/h2-3,5,7-9,11H,4,6,10,19H2,1H3. The number of halogens is 1. The zero-order valence-electron chi connectivity index (χ0n) is 11.5. The van der Waals surface area contributed by atoms with E-state index >= 15 is 0 Å². The Labute approximate surface area is 124 Å². The first-order chi connectivity index (χ1) is 9.65. The molecule has 0 aromatic heterocycles. The topological polar surface area (TPSA) is 35.2 Å². The lowest BCUT2D eigenvalue weighted by molar-refractivity contribution is 0.378. The molecule has 0 fully saturated rings. The molecule has 0 spiro atoms. The maximum Gasteiger partial charge on any atom is 0.124 e. The SMILES string of the molecule is COc1ccc(Cl)cc1C1(N)CCCc2ccccc21. The molecule has 0 radical (unpaired) electrons. The number of rotatable bonds is 2. The molecule has 1 aliphatic carbocycles. The summed E-state index contributed by atoms with van der Waals surface area (Å²) in [6.07, 6.45) is 3.06. The van der Waals surface area contributed by atoms with Crippen molar-refractivity contribution in [1.29, 1.82) is 0 Å². The normalized spacial score (nSPS) is 21.4. The average molecular weight is 288 g/mol. The summed E-state index contributed by atoms with van der Waals surface area (Å²) in [6, 6.07) is 14.1. The van der Waals surface area contributed by atoms with E-state index in [0.717, 1.165) is 30.6 Å². The Morgan fingerprint density at radius 1 is 1.15 bits per heavy atom. The van der Waals surface area contributed by atoms with Gasteiger partial charge in [-0.1, -0.05) is 35.9 Å². The number of ether oxygens (including phenoxy) is 1. The number of methoxy groups -OCH3 is 1. The second-order valence-electron chi connectivity index (χ2n) is 5.33. The summed E-state index contributed by atoms with van der Waals surface area (Å²) in [5.41, 5.74) is 9.76. The zero-order valence-corrected chi connectivity index (χ0v) is 12.3. The van der Waals surface area contributed by atoms with Crippen LogP contribution >= 0.6 is 11.6 Å². The number of aryl methyl sites for hydroxylation is 1. The third-order valence-corrected chi connectivity index (χ3v) is 4.39. The largest absolute Gasteiger partial charge is 0.496 e. The molecule has 2 nitrogen and oxygen atoms in total. The third-order valence-electron chi connectivity index (χ3n) is 4.16. The van der Waals surface area contributed by atoms with Crippen LogP contribution in [0.2, 0.25) is 5.02 Å². The minimum atomic E-state index is -0.523. The summed E-state index contributed by atoms with van der Waals surface area (Å²) in [7, 11) is 1.67. The maximum absolute atomic E-state index is 6.80. The molecule has 0 saturated carbocycles. The zero-order chi connectivity index (χ0) is 14.2. The summed E-state index contributed by atoms with van der Waals surface area (Å²) < 4.78 is 5.50. The molecule has 0 bridgehead atoms. The van der Waals surface area contributed by atoms with Crippen molar-refractivity contribution < 1.29 is 4.74 Å². The van der Waals surface area contributed by atoms with E-state index in [9.17, 15) is 0 Å². The molecule has 2 aromatic carbocycles. The van der Waals surface area contributed by atoms with Gasteiger partial charge >= 0.3 is 0 Å². The molecule has 2 N–H and O–H groups in total. The van der Waals surface area contributed by atoms with E-state index in [4.69, 9.17) is 22.1 Å². The average Bonchev–Trinajstić information content (AvgIpc) is 2.48. The first kappa shape index (κ1) is 13.5. The van der Waals surface area contributed by atoms with Gasteiger partial charge in [0, 0.05) is 10.6 Å². The van der Waals surface area contributed by atoms with Crippen molar-refractivity contribution in [2.24, 2.45) is 5.73 Å². The Morgan fingerprint density at radius 2 is 1.95 bits per heavy atom. The van der Waals surface area contributed by atoms with E-state index in [-0.39, 0.29) is 0 Å². The molecule has 104 valence electrons. The Balaban J connectivity index is 2.21. The van der Waals surface area contributed by atoms with Crippen molar-refractivity contribution in [2.75, 3.05) is 7.11 Å². The van der Waals surface area contributed by atoms with Crippen LogP contribution in [0.5, 0.6) is 5.75 Å². The van der Waals surface area contributed by atoms with E-state index in [1.807, 2.05) is 24.3 Å². The second kappa shape index (κ2) is 5.12. The molecule has 2 aromatic rings. The fraction of sp³-hybridized carbons (Fsp3) is 0.294. The van der Waals surface area contributed by atoms with Gasteiger partial charge in [0.1, 0.15) is 5.75 Å². The molecule has 3 heteroatoms. The lowest BCUT2D eigenvalue weighted by atomic mass is 9.73. The first-order valence-electron chi connectivity index (χ1n) is 6.86. The van der Waals surface area contributed by atoms with Gasteiger partial charge in [0.2, 0.25) is 0 Å². The molecular formula is C17H18ClNO. The number of hydrogen-bond acceptors (Lipinski definition) is 2. The van der Waals surface area contributed by atoms with Crippen molar-refractivity contribution in [1.82, 2.24) is 0 Å². The maximum atomic E-state index is 6.80. The molecule has 0 amide bonds. The van der Waals surface area contributed by atoms with Gasteiger partial charge < -0.3 is 10.5 Å². The molecule has 1 atom stereocenters. The molecular weight excluding hydrogens is 270 g/mol. The van der Waals surface area contributed by atoms with Crippen LogP contribution in [0.4, 0.5) is 0 Å². The van der Waals surface area contributed by atoms with Gasteiger partial charge in [-0.2, -0.15) is 0 Å². The van der Waals surface area contributed by atoms with Crippen LogP contribution in [0, 0.1) is 0 Å². The Kier molecular flexibility index (Phi) is 3.45. The van der Waals surface area contributed by atoms with E-state index in [2.05, 4.69) is 18.2 Å². The van der Waals surface area contributed by atoms with Gasteiger partial charge in [-0.25, -0.2) is 0 Å². The smallest absolute Gasteiger partial charge is 0.124 e. The summed E-state index contributed by atoms with van der Waals surface area (Å²) in [5, 5.41) is 0.689. The minimum Gasteiger partial charge on any atom is -0.496 e. The third kappa shape index (κ3) is 2.09. The lowest BCUT2D eigenvalue weighted by Gasteiger charge is -2.37. The molecule has 1 aliphatic rings. The van der Waals surface area contributed by atoms with Crippen LogP contribution < -0.4 is 10.5 Å². The predicted octanol–water partition coefficient (Wildman–Crippen LogP) is 3.89. The summed E-state index contributed by atoms with van der Waals surface area (Å²) in [5.74, 6) is 0.800. The van der Waals surface area contributed by atoms with E-state index < -0.39 is 5.54 Å². The van der Waals surface area contributed by atoms with Crippen molar-refractivity contribution in [3.63, 3.8) is 0 Å². The fourth-order valence-electron chi connectivity index (χ4n) is 3.17. The van der Waals surface area contributed by atoms with Gasteiger partial charge in [0.15, 0.2) is 0 Å². The van der Waals surface area contributed by atoms with Crippen LogP contribution in [0.15, 0.2) is 42.5 Å². The summed E-state index contributed by atoms with van der Waals surface area (Å²) >= 11 is 6.17. The van der Waals surface area contributed by atoms with Crippen molar-refractivity contribution in [2.45, 2.75) is 24.8 Å². The lowest BCUT2D eigenvalue weighted by Crippen LogP contribution is -2.41. The molecule has 1 unspecified atom stereocenters. The molecule has 0 heterocycles. The first-order valence-corrected chi connectivity index (χ1v) is 7.24. The molecule has 0 aliphatic heterocycles. The van der Waals surface area contributed by atoms with E-state index in [0.29, 0.717) is 5.02 Å². The second-order valence-corrected chi connectivity index (χ2v) is 5.76. The summed E-state index contributed by atoms with van der Waals surface area (Å²) in [6.45, 7) is 0. The van der Waals surface area contributed by atoms with Gasteiger partial charge in [0.25, 0.3) is 0 Å². The van der Waals surface area contributed by atoms with Crippen LogP contribution in [0.3, 0.4) is 0 Å². The minimum absolute atomic E-state index is 0.523. The van der Waals surface area contributed by atoms with Crippen LogP contribution in [0.25, 0.3) is 0 Å². The predicted molar refractivity (Wildman–Crippen MR) is 82.4 cm³/mol. The highest BCUT2D eigenvalue weighted by Crippen LogP contribution is 2.42. The highest BCUT2D eigenvalue weighted by molar-refractivity contribution is 6.30. The van der Waals surface area contributed by atoms with Gasteiger partial charge in [-0.05, 0) is 48.6 Å². The molecule has 3 rings (SSSR count). The van der Waals surface area contributed by atoms with Crippen LogP contribution in [-0.2, 0) is 12.0 Å². The van der Waals surface area contributed by atoms with Crippen molar-refractivity contribution in [3.8, 4) is 5.75 Å². The van der Waals surface area contributed by atoms with Gasteiger partial charge in [-0.15, -0.1) is 0 Å². The van der Waals surface area contributed by atoms with Gasteiger partial charge in [0.05, 0.1) is 12.6 Å². The van der Waals surface area contributed by atoms with Crippen molar-refractivity contribution in [3.05, 3.63) is 64.2 Å². The number of hydrogen-bond donors (Lipinski definition) is 1. The highest BCUT2D eigenvalue weighted by Gasteiger charge is 2.36. The van der Waals surface area contributed by atoms with Crippen molar-refractivity contribution >= 4 is 11.6 Å².